The molecule has 10 heteroatoms. The van der Waals surface area contributed by atoms with E-state index in [1.807, 2.05) is 24.3 Å². The maximum atomic E-state index is 13.0. The lowest BCUT2D eigenvalue weighted by Crippen LogP contribution is -2.44. The molecular formula is C21H27F3N6O. The molecule has 7 nitrogen and oxygen atoms in total. The first-order valence-corrected chi connectivity index (χ1v) is 10.0. The lowest BCUT2D eigenvalue weighted by Gasteiger charge is -2.23. The van der Waals surface area contributed by atoms with E-state index in [0.29, 0.717) is 18.1 Å². The first kappa shape index (κ1) is 22.6. The number of likely N-dealkylation sites (tertiary alicyclic amines) is 1. The molecule has 1 aliphatic heterocycles. The predicted molar refractivity (Wildman–Crippen MR) is 111 cm³/mol. The first-order valence-electron chi connectivity index (χ1n) is 10.0. The normalized spacial score (nSPS) is 17.2. The van der Waals surface area contributed by atoms with Crippen molar-refractivity contribution in [3.8, 4) is 0 Å². The zero-order valence-corrected chi connectivity index (χ0v) is 17.9. The van der Waals surface area contributed by atoms with Crippen molar-refractivity contribution in [2.24, 2.45) is 12.0 Å². The van der Waals surface area contributed by atoms with E-state index in [1.54, 1.807) is 24.8 Å². The highest BCUT2D eigenvalue weighted by molar-refractivity contribution is 5.86. The van der Waals surface area contributed by atoms with E-state index in [0.717, 1.165) is 30.7 Å². The van der Waals surface area contributed by atoms with Gasteiger partial charge in [0.1, 0.15) is 0 Å². The summed E-state index contributed by atoms with van der Waals surface area (Å²) in [5, 5.41) is 7.30. The molecule has 1 unspecified atom stereocenters. The number of benzene rings is 1. The van der Waals surface area contributed by atoms with E-state index >= 15 is 0 Å². The van der Waals surface area contributed by atoms with Gasteiger partial charge in [0.05, 0.1) is 24.8 Å². The number of alkyl halides is 3. The Morgan fingerprint density at radius 3 is 2.77 bits per heavy atom. The molecule has 1 aliphatic rings. The molecular weight excluding hydrogens is 409 g/mol. The van der Waals surface area contributed by atoms with Gasteiger partial charge in [0.25, 0.3) is 0 Å². The summed E-state index contributed by atoms with van der Waals surface area (Å²) in [7, 11) is 5.20. The van der Waals surface area contributed by atoms with Gasteiger partial charge < -0.3 is 15.1 Å². The summed E-state index contributed by atoms with van der Waals surface area (Å²) in [6, 6.07) is 5.14. The molecule has 1 aromatic carbocycles. The van der Waals surface area contributed by atoms with E-state index in [1.165, 1.54) is 11.0 Å². The second-order valence-corrected chi connectivity index (χ2v) is 7.86. The highest BCUT2D eigenvalue weighted by Gasteiger charge is 2.30. The van der Waals surface area contributed by atoms with Gasteiger partial charge in [-0.2, -0.15) is 18.3 Å². The van der Waals surface area contributed by atoms with Crippen LogP contribution >= 0.6 is 0 Å². The number of amides is 1. The number of rotatable bonds is 5. The quantitative estimate of drug-likeness (QED) is 0.578. The molecule has 0 aliphatic carbocycles. The zero-order valence-electron chi connectivity index (χ0n) is 17.9. The molecule has 0 spiro atoms. The lowest BCUT2D eigenvalue weighted by molar-refractivity contribution is -0.137. The van der Waals surface area contributed by atoms with Gasteiger partial charge in [-0.15, -0.1) is 0 Å². The average Bonchev–Trinajstić information content (AvgIpc) is 3.36. The topological polar surface area (TPSA) is 65.8 Å². The number of carbonyl (C=O) groups is 1. The van der Waals surface area contributed by atoms with Crippen molar-refractivity contribution >= 4 is 11.9 Å². The van der Waals surface area contributed by atoms with Crippen LogP contribution in [-0.4, -0.2) is 65.2 Å². The summed E-state index contributed by atoms with van der Waals surface area (Å²) in [6.45, 7) is 1.55. The summed E-state index contributed by atoms with van der Waals surface area (Å²) in [6.07, 6.45) is 0.329. The Hall–Kier alpha value is -3.04. The maximum absolute atomic E-state index is 13.0. The predicted octanol–water partition coefficient (Wildman–Crippen LogP) is 2.46. The molecule has 2 heterocycles. The molecule has 1 N–H and O–H groups in total. The van der Waals surface area contributed by atoms with Crippen LogP contribution in [0, 0.1) is 0 Å². The molecule has 0 saturated carbocycles. The minimum Gasteiger partial charge on any atom is -0.347 e. The van der Waals surface area contributed by atoms with E-state index < -0.39 is 11.7 Å². The molecule has 1 amide bonds. The van der Waals surface area contributed by atoms with Crippen molar-refractivity contribution in [3.63, 3.8) is 0 Å². The second kappa shape index (κ2) is 9.40. The monoisotopic (exact) mass is 436 g/mol. The molecule has 168 valence electrons. The standard InChI is InChI=1S/C21H27F3N6O/c1-28(2)19(31)12-26-20(25-10-15-5-4-6-18(9-15)21(22,23)24)30-8-7-16(14-30)17-11-27-29(3)13-17/h4-6,9,11,13,16H,7-8,10,12,14H2,1-3H3,(H,25,26). The Morgan fingerprint density at radius 2 is 2.13 bits per heavy atom. The van der Waals surface area contributed by atoms with Gasteiger partial charge in [-0.3, -0.25) is 9.48 Å². The van der Waals surface area contributed by atoms with E-state index in [-0.39, 0.29) is 24.9 Å². The molecule has 1 aromatic heterocycles. The number of aryl methyl sites for hydroxylation is 1. The molecule has 1 fully saturated rings. The Labute approximate surface area is 179 Å². The largest absolute Gasteiger partial charge is 0.416 e. The number of aromatic nitrogens is 2. The number of likely N-dealkylation sites (N-methyl/N-ethyl adjacent to an activating group) is 1. The molecule has 1 saturated heterocycles. The SMILES string of the molecule is CN(C)C(=O)CNC(=NCc1cccc(C(F)(F)F)c1)N1CCC(c2cnn(C)c2)C1. The first-order chi connectivity index (χ1) is 14.6. The summed E-state index contributed by atoms with van der Waals surface area (Å²) in [5.41, 5.74) is 0.887. The van der Waals surface area contributed by atoms with Gasteiger partial charge in [-0.05, 0) is 29.7 Å². The van der Waals surface area contributed by atoms with Crippen LogP contribution in [0.2, 0.25) is 0 Å². The average molecular weight is 436 g/mol. The van der Waals surface area contributed by atoms with E-state index in [4.69, 9.17) is 0 Å². The lowest BCUT2D eigenvalue weighted by atomic mass is 10.0. The molecule has 3 rings (SSSR count). The van der Waals surface area contributed by atoms with Gasteiger partial charge in [-0.1, -0.05) is 12.1 Å². The van der Waals surface area contributed by atoms with Crippen molar-refractivity contribution in [2.45, 2.75) is 25.1 Å². The molecule has 1 atom stereocenters. The highest BCUT2D eigenvalue weighted by atomic mass is 19.4. The van der Waals surface area contributed by atoms with Crippen LogP contribution in [0.4, 0.5) is 13.2 Å². The number of hydrogen-bond donors (Lipinski definition) is 1. The highest BCUT2D eigenvalue weighted by Crippen LogP contribution is 2.30. The van der Waals surface area contributed by atoms with Crippen LogP contribution in [0.15, 0.2) is 41.7 Å². The summed E-state index contributed by atoms with van der Waals surface area (Å²) >= 11 is 0. The van der Waals surface area contributed by atoms with Crippen LogP contribution in [0.25, 0.3) is 0 Å². The zero-order chi connectivity index (χ0) is 22.6. The van der Waals surface area contributed by atoms with Crippen LogP contribution in [0.3, 0.4) is 0 Å². The third-order valence-electron chi connectivity index (χ3n) is 5.25. The number of hydrogen-bond acceptors (Lipinski definition) is 3. The number of nitrogens with one attached hydrogen (secondary N) is 1. The van der Waals surface area contributed by atoms with Crippen LogP contribution < -0.4 is 5.32 Å². The fraction of sp³-hybridized carbons (Fsp3) is 0.476. The van der Waals surface area contributed by atoms with Crippen LogP contribution in [-0.2, 0) is 24.6 Å². The summed E-state index contributed by atoms with van der Waals surface area (Å²) in [4.78, 5) is 20.1. The number of halogens is 3. The number of aliphatic imine (C=N–C) groups is 1. The molecule has 0 bridgehead atoms. The third-order valence-corrected chi connectivity index (χ3v) is 5.25. The Morgan fingerprint density at radius 1 is 1.35 bits per heavy atom. The summed E-state index contributed by atoms with van der Waals surface area (Å²) in [5.74, 6) is 0.674. The van der Waals surface area contributed by atoms with E-state index in [2.05, 4.69) is 15.4 Å². The summed E-state index contributed by atoms with van der Waals surface area (Å²) < 4.78 is 40.8. The van der Waals surface area contributed by atoms with Crippen molar-refractivity contribution < 1.29 is 18.0 Å². The smallest absolute Gasteiger partial charge is 0.347 e. The third kappa shape index (κ3) is 5.99. The van der Waals surface area contributed by atoms with Crippen LogP contribution in [0.1, 0.15) is 29.0 Å². The molecule has 0 radical (unpaired) electrons. The van der Waals surface area contributed by atoms with Crippen molar-refractivity contribution in [1.29, 1.82) is 0 Å². The van der Waals surface area contributed by atoms with Gasteiger partial charge in [0.15, 0.2) is 5.96 Å². The van der Waals surface area contributed by atoms with Gasteiger partial charge in [-0.25, -0.2) is 4.99 Å². The second-order valence-electron chi connectivity index (χ2n) is 7.86. The molecule has 2 aromatic rings. The van der Waals surface area contributed by atoms with Gasteiger partial charge in [0.2, 0.25) is 5.91 Å². The fourth-order valence-corrected chi connectivity index (χ4v) is 3.47. The number of guanidine groups is 1. The molecule has 31 heavy (non-hydrogen) atoms. The number of nitrogens with zero attached hydrogens (tertiary/aromatic N) is 5. The van der Waals surface area contributed by atoms with E-state index in [9.17, 15) is 18.0 Å². The Bertz CT molecular complexity index is 937. The van der Waals surface area contributed by atoms with Crippen molar-refractivity contribution in [1.82, 2.24) is 24.9 Å². The Balaban J connectivity index is 1.75. The maximum Gasteiger partial charge on any atom is 0.416 e. The van der Waals surface area contributed by atoms with Gasteiger partial charge >= 0.3 is 6.18 Å². The van der Waals surface area contributed by atoms with Crippen LogP contribution in [0.5, 0.6) is 0 Å². The van der Waals surface area contributed by atoms with Crippen molar-refractivity contribution in [3.05, 3.63) is 53.3 Å². The minimum atomic E-state index is -4.40. The van der Waals surface area contributed by atoms with Gasteiger partial charge in [0, 0.05) is 46.3 Å². The van der Waals surface area contributed by atoms with Crippen molar-refractivity contribution in [2.75, 3.05) is 33.7 Å². The minimum absolute atomic E-state index is 0.0580. The number of carbonyl (C=O) groups excluding carboxylic acids is 1. The Kier molecular flexibility index (Phi) is 6.87. The fourth-order valence-electron chi connectivity index (χ4n) is 3.47.